The zero-order chi connectivity index (χ0) is 21.7. The number of halogens is 1. The summed E-state index contributed by atoms with van der Waals surface area (Å²) in [5.74, 6) is -0.227. The van der Waals surface area contributed by atoms with E-state index < -0.39 is 21.9 Å². The summed E-state index contributed by atoms with van der Waals surface area (Å²) in [6.45, 7) is 1.62. The van der Waals surface area contributed by atoms with E-state index in [4.69, 9.17) is 15.1 Å². The van der Waals surface area contributed by atoms with E-state index in [1.165, 1.54) is 18.2 Å². The third-order valence-corrected chi connectivity index (χ3v) is 4.69. The Morgan fingerprint density at radius 3 is 2.57 bits per heavy atom. The molecule has 0 radical (unpaired) electrons. The minimum atomic E-state index is -3.87. The lowest BCUT2D eigenvalue weighted by atomic mass is 10.3. The Bertz CT molecular complexity index is 1200. The molecule has 154 valence electrons. The first kappa shape index (κ1) is 21.0. The van der Waals surface area contributed by atoms with Gasteiger partial charge in [-0.1, -0.05) is 6.07 Å². The van der Waals surface area contributed by atoms with E-state index in [9.17, 15) is 12.8 Å². The van der Waals surface area contributed by atoms with E-state index in [-0.39, 0.29) is 16.7 Å². The van der Waals surface area contributed by atoms with E-state index in [1.54, 1.807) is 37.3 Å². The molecule has 1 heterocycles. The standard InChI is InChI=1S/C19H17FN6O3S/c1-12(10-21)29-15-7-5-13(6-8-15)24-18-17(20)11-23-19(26-18)25-14-3-2-4-16(9-14)30(22,27)28/h2-9,11-12H,1H3,(H2,22,27,28)(H2,23,24,25,26). The molecule has 1 aromatic heterocycles. The molecule has 0 aliphatic heterocycles. The van der Waals surface area contributed by atoms with Gasteiger partial charge in [-0.05, 0) is 49.4 Å². The van der Waals surface area contributed by atoms with Gasteiger partial charge in [-0.2, -0.15) is 10.2 Å². The number of aromatic nitrogens is 2. The lowest BCUT2D eigenvalue weighted by molar-refractivity contribution is 0.276. The van der Waals surface area contributed by atoms with Crippen molar-refractivity contribution < 1.29 is 17.5 Å². The summed E-state index contributed by atoms with van der Waals surface area (Å²) in [4.78, 5) is 7.85. The van der Waals surface area contributed by atoms with Crippen molar-refractivity contribution in [2.45, 2.75) is 17.9 Å². The molecule has 0 amide bonds. The number of nitrogens with one attached hydrogen (secondary N) is 2. The van der Waals surface area contributed by atoms with Gasteiger partial charge in [0.25, 0.3) is 0 Å². The number of nitrogens with two attached hydrogens (primary N) is 1. The molecular formula is C19H17FN6O3S. The molecule has 9 nitrogen and oxygen atoms in total. The van der Waals surface area contributed by atoms with Gasteiger partial charge in [-0.3, -0.25) is 0 Å². The average Bonchev–Trinajstić information content (AvgIpc) is 2.71. The zero-order valence-corrected chi connectivity index (χ0v) is 16.5. The van der Waals surface area contributed by atoms with E-state index in [2.05, 4.69) is 20.6 Å². The maximum absolute atomic E-state index is 14.1. The van der Waals surface area contributed by atoms with Crippen LogP contribution in [-0.2, 0) is 10.0 Å². The number of ether oxygens (including phenoxy) is 1. The summed E-state index contributed by atoms with van der Waals surface area (Å²) >= 11 is 0. The number of nitrogens with zero attached hydrogens (tertiary/aromatic N) is 3. The highest BCUT2D eigenvalue weighted by atomic mass is 32.2. The van der Waals surface area contributed by atoms with Crippen LogP contribution in [0.2, 0.25) is 0 Å². The van der Waals surface area contributed by atoms with Gasteiger partial charge >= 0.3 is 0 Å². The fraction of sp³-hybridized carbons (Fsp3) is 0.105. The number of benzene rings is 2. The minimum Gasteiger partial charge on any atom is -0.476 e. The zero-order valence-electron chi connectivity index (χ0n) is 15.7. The molecule has 0 fully saturated rings. The fourth-order valence-corrected chi connectivity index (χ4v) is 2.94. The summed E-state index contributed by atoms with van der Waals surface area (Å²) < 4.78 is 42.4. The Labute approximate surface area is 172 Å². The molecule has 0 saturated heterocycles. The van der Waals surface area contributed by atoms with Crippen molar-refractivity contribution >= 4 is 33.2 Å². The second kappa shape index (κ2) is 8.73. The van der Waals surface area contributed by atoms with Crippen LogP contribution in [-0.4, -0.2) is 24.5 Å². The second-order valence-electron chi connectivity index (χ2n) is 6.13. The first-order valence-corrected chi connectivity index (χ1v) is 10.1. The van der Waals surface area contributed by atoms with Crippen molar-refractivity contribution in [1.29, 1.82) is 5.26 Å². The Hall–Kier alpha value is -3.75. The van der Waals surface area contributed by atoms with Gasteiger partial charge in [-0.15, -0.1) is 0 Å². The molecule has 4 N–H and O–H groups in total. The van der Waals surface area contributed by atoms with Crippen LogP contribution in [0.3, 0.4) is 0 Å². The maximum atomic E-state index is 14.1. The van der Waals surface area contributed by atoms with Crippen LogP contribution in [0.25, 0.3) is 0 Å². The van der Waals surface area contributed by atoms with Gasteiger partial charge in [0.15, 0.2) is 17.7 Å². The lowest BCUT2D eigenvalue weighted by Crippen LogP contribution is -2.12. The number of hydrogen-bond acceptors (Lipinski definition) is 8. The van der Waals surface area contributed by atoms with Crippen LogP contribution in [0.5, 0.6) is 5.75 Å². The number of hydrogen-bond donors (Lipinski definition) is 3. The van der Waals surface area contributed by atoms with Crippen molar-refractivity contribution in [2.75, 3.05) is 10.6 Å². The predicted molar refractivity (Wildman–Crippen MR) is 109 cm³/mol. The molecule has 0 saturated carbocycles. The number of rotatable bonds is 7. The van der Waals surface area contributed by atoms with Crippen molar-refractivity contribution in [2.24, 2.45) is 5.14 Å². The van der Waals surface area contributed by atoms with Crippen molar-refractivity contribution in [3.8, 4) is 11.8 Å². The van der Waals surface area contributed by atoms with Crippen LogP contribution in [0.1, 0.15) is 6.92 Å². The van der Waals surface area contributed by atoms with Crippen LogP contribution in [0.15, 0.2) is 59.6 Å². The van der Waals surface area contributed by atoms with Gasteiger partial charge in [0.05, 0.1) is 11.1 Å². The van der Waals surface area contributed by atoms with Gasteiger partial charge in [0, 0.05) is 11.4 Å². The molecule has 2 aromatic carbocycles. The topological polar surface area (TPSA) is 143 Å². The highest BCUT2D eigenvalue weighted by Crippen LogP contribution is 2.23. The summed E-state index contributed by atoms with van der Waals surface area (Å²) in [6, 6.07) is 14.3. The monoisotopic (exact) mass is 428 g/mol. The first-order valence-electron chi connectivity index (χ1n) is 8.60. The summed E-state index contributed by atoms with van der Waals surface area (Å²) in [6.07, 6.45) is 0.386. The third-order valence-electron chi connectivity index (χ3n) is 3.77. The summed E-state index contributed by atoms with van der Waals surface area (Å²) in [5.41, 5.74) is 0.902. The summed E-state index contributed by atoms with van der Waals surface area (Å²) in [7, 11) is -3.87. The van der Waals surface area contributed by atoms with Crippen LogP contribution < -0.4 is 20.5 Å². The Kier molecular flexibility index (Phi) is 6.10. The van der Waals surface area contributed by atoms with E-state index in [1.807, 2.05) is 6.07 Å². The molecule has 3 aromatic rings. The SMILES string of the molecule is CC(C#N)Oc1ccc(Nc2nc(Nc3cccc(S(N)(=O)=O)c3)ncc2F)cc1. The molecule has 0 spiro atoms. The molecule has 30 heavy (non-hydrogen) atoms. The van der Waals surface area contributed by atoms with Crippen LogP contribution in [0.4, 0.5) is 27.5 Å². The van der Waals surface area contributed by atoms with Gasteiger partial charge in [0.2, 0.25) is 16.0 Å². The number of anilines is 4. The predicted octanol–water partition coefficient (Wildman–Crippen LogP) is 3.04. The number of nitriles is 1. The molecule has 0 bridgehead atoms. The van der Waals surface area contributed by atoms with Gasteiger partial charge < -0.3 is 15.4 Å². The maximum Gasteiger partial charge on any atom is 0.238 e. The smallest absolute Gasteiger partial charge is 0.238 e. The van der Waals surface area contributed by atoms with Gasteiger partial charge in [-0.25, -0.2) is 22.9 Å². The highest BCUT2D eigenvalue weighted by molar-refractivity contribution is 7.89. The lowest BCUT2D eigenvalue weighted by Gasteiger charge is -2.11. The molecule has 3 rings (SSSR count). The van der Waals surface area contributed by atoms with Crippen molar-refractivity contribution in [3.63, 3.8) is 0 Å². The van der Waals surface area contributed by atoms with Crippen molar-refractivity contribution in [3.05, 3.63) is 60.5 Å². The largest absolute Gasteiger partial charge is 0.476 e. The summed E-state index contributed by atoms with van der Waals surface area (Å²) in [5, 5.41) is 19.5. The number of primary sulfonamides is 1. The molecule has 1 atom stereocenters. The third kappa shape index (κ3) is 5.40. The Balaban J connectivity index is 1.77. The molecule has 0 aliphatic carbocycles. The Morgan fingerprint density at radius 2 is 1.90 bits per heavy atom. The fourth-order valence-electron chi connectivity index (χ4n) is 2.38. The van der Waals surface area contributed by atoms with E-state index >= 15 is 0 Å². The van der Waals surface area contributed by atoms with E-state index in [0.717, 1.165) is 6.20 Å². The van der Waals surface area contributed by atoms with Gasteiger partial charge in [0.1, 0.15) is 11.8 Å². The Morgan fingerprint density at radius 1 is 1.17 bits per heavy atom. The molecule has 0 aliphatic rings. The normalized spacial score (nSPS) is 11.9. The molecule has 11 heteroatoms. The number of sulfonamides is 1. The first-order chi connectivity index (χ1) is 14.2. The highest BCUT2D eigenvalue weighted by Gasteiger charge is 2.11. The quantitative estimate of drug-likeness (QED) is 0.521. The van der Waals surface area contributed by atoms with E-state index in [0.29, 0.717) is 17.1 Å². The molecular weight excluding hydrogens is 411 g/mol. The van der Waals surface area contributed by atoms with Crippen molar-refractivity contribution in [1.82, 2.24) is 9.97 Å². The van der Waals surface area contributed by atoms with Crippen LogP contribution in [0, 0.1) is 17.1 Å². The average molecular weight is 428 g/mol. The second-order valence-corrected chi connectivity index (χ2v) is 7.69. The molecule has 1 unspecified atom stereocenters. The minimum absolute atomic E-state index is 0.0493. The van der Waals surface area contributed by atoms with Crippen LogP contribution >= 0.6 is 0 Å².